The molecule has 0 saturated heterocycles. The van der Waals surface area contributed by atoms with E-state index in [1.54, 1.807) is 25.9 Å². The first-order chi connectivity index (χ1) is 53.6. The number of pyridine rings is 3. The zero-order valence-corrected chi connectivity index (χ0v) is 63.2. The average Bonchev–Trinajstić information content (AvgIpc) is 1.53. The van der Waals surface area contributed by atoms with Crippen LogP contribution in [0.25, 0.3) is 83.8 Å². The quantitative estimate of drug-likeness (QED) is 0.0208. The molecular weight excluding hydrogens is 1510 g/mol. The Bertz CT molecular complexity index is 5770. The number of halogens is 1. The maximum atomic E-state index is 13.3. The molecule has 6 aliphatic rings. The van der Waals surface area contributed by atoms with Gasteiger partial charge in [0.1, 0.15) is 51.1 Å². The molecule has 0 bridgehead atoms. The van der Waals surface area contributed by atoms with Crippen molar-refractivity contribution in [3.63, 3.8) is 0 Å². The van der Waals surface area contributed by atoms with Crippen molar-refractivity contribution >= 4 is 85.3 Å². The number of hydrogen-bond donors (Lipinski definition) is 8. The van der Waals surface area contributed by atoms with Crippen molar-refractivity contribution in [2.75, 3.05) is 40.7 Å². The van der Waals surface area contributed by atoms with Crippen molar-refractivity contribution in [1.82, 2.24) is 83.1 Å². The number of aromatic carboxylic acids is 1. The number of carbonyl (C=O) groups is 3. The van der Waals surface area contributed by atoms with Crippen molar-refractivity contribution < 1.29 is 56.3 Å². The van der Waals surface area contributed by atoms with Crippen LogP contribution >= 0.6 is 0 Å². The van der Waals surface area contributed by atoms with Gasteiger partial charge in [0, 0.05) is 141 Å². The first-order valence-corrected chi connectivity index (χ1v) is 40.3. The molecule has 12 aromatic heterocycles. The second-order valence-corrected chi connectivity index (χ2v) is 31.2. The first kappa shape index (κ1) is 71.7. The van der Waals surface area contributed by atoms with Crippen LogP contribution in [0, 0.1) is 5.92 Å². The number of carboxylic acid groups (broad SMARTS) is 1. The van der Waals surface area contributed by atoms with Crippen molar-refractivity contribution in [3.8, 4) is 33.8 Å². The molecule has 0 radical (unpaired) electrons. The first-order valence-electron chi connectivity index (χ1n) is 37.5. The van der Waals surface area contributed by atoms with Gasteiger partial charge in [0.15, 0.2) is 16.9 Å². The zero-order chi connectivity index (χ0) is 75.4. The zero-order valence-electron chi connectivity index (χ0n) is 61.0. The number of aliphatic hydroxyl groups is 3. The topological polar surface area (TPSA) is 345 Å². The van der Waals surface area contributed by atoms with Crippen LogP contribution in [0.4, 0.5) is 17.5 Å². The predicted octanol–water partition coefficient (Wildman–Crippen LogP) is 7.48. The van der Waals surface area contributed by atoms with Gasteiger partial charge in [-0.2, -0.15) is 28.8 Å². The molecule has 12 heterocycles. The summed E-state index contributed by atoms with van der Waals surface area (Å²) >= 11 is -0.0752. The van der Waals surface area contributed by atoms with Crippen molar-refractivity contribution in [1.29, 1.82) is 0 Å². The number of nitrogens with two attached hydrogens (primary N) is 1. The maximum absolute atomic E-state index is 13.3. The number of nitrogens with one attached hydrogen (secondary N) is 3. The van der Waals surface area contributed by atoms with Crippen LogP contribution in [0.1, 0.15) is 137 Å². The third-order valence-corrected chi connectivity index (χ3v) is 23.5. The number of fused-ring (bicyclic) bond motifs is 6. The molecule has 110 heavy (non-hydrogen) atoms. The van der Waals surface area contributed by atoms with Crippen LogP contribution in [0.2, 0.25) is 0 Å². The molecule has 2 amide bonds. The Morgan fingerprint density at radius 3 is 1.22 bits per heavy atom. The van der Waals surface area contributed by atoms with Crippen LogP contribution < -0.4 is 51.2 Å². The third kappa shape index (κ3) is 14.2. The Morgan fingerprint density at radius 1 is 0.482 bits per heavy atom. The molecule has 6 atom stereocenters. The Kier molecular flexibility index (Phi) is 19.7. The minimum atomic E-state index is -1.05. The van der Waals surface area contributed by atoms with E-state index in [4.69, 9.17) is 24.0 Å². The van der Waals surface area contributed by atoms with E-state index in [9.17, 15) is 29.7 Å². The van der Waals surface area contributed by atoms with E-state index in [0.29, 0.717) is 83.7 Å². The second-order valence-electron chi connectivity index (χ2n) is 29.5. The summed E-state index contributed by atoms with van der Waals surface area (Å²) in [6.07, 6.45) is 27.4. The van der Waals surface area contributed by atoms with Gasteiger partial charge < -0.3 is 54.8 Å². The van der Waals surface area contributed by atoms with E-state index >= 15 is 0 Å². The van der Waals surface area contributed by atoms with Crippen molar-refractivity contribution in [3.05, 3.63) is 199 Å². The number of aromatic nitrogens is 15. The molecular formula is C81H85IN21O7-. The Morgan fingerprint density at radius 2 is 0.873 bits per heavy atom. The standard InChI is InChI=1S/C29H29N7O2.C25H22N6O2.C22H23N7O2.C5H11INO/c1-34(16-18-6-3-2-4-7-18)26-14-24(22-17-35(19-9-10-19)27-20(22)8-5-13-30-27)32-28-21(15-31-36(26)28)29(38)33-23-11-12-25(23)37;1-29(14-16-6-3-2-4-7-16)22-12-21(28-24-19(25(32)33)13-27-31(22)24)20-15-30(17-9-10-17)23-18(20)8-5-11-26-23;1-23-19-9-17(15-11-28(12-4-5-12)20-13(15)3-2-8-24-20)26-21-14(10-25-29(19)21)22(31)27-16-6-7-18(16)30;7-6-3-4-1-2-5(4)8/h2-8,13-15,17,19,23,25,37H,9-12,16H2,1H3,(H,33,38);2-8,11-13,15,17H,9-10,14H2,1H3,(H,32,33);2-3,8-12,16,18,23,30H,4-7H2,1H3,(H,27,31);4-5,8H,1-3,7H2/q;;;-1/t23-,25+;;16-,18+;4-,5-/m0.01/s1. The predicted molar refractivity (Wildman–Crippen MR) is 414 cm³/mol. The fraction of sp³-hybridized carbons (Fsp3) is 0.333. The van der Waals surface area contributed by atoms with E-state index in [1.807, 2.05) is 112 Å². The van der Waals surface area contributed by atoms with Crippen molar-refractivity contribution in [2.24, 2.45) is 9.86 Å². The van der Waals surface area contributed by atoms with Gasteiger partial charge in [-0.05, 0) is 112 Å². The number of hydrogen-bond acceptors (Lipinski definition) is 19. The van der Waals surface area contributed by atoms with E-state index in [2.05, 4.69) is 125 Å². The van der Waals surface area contributed by atoms with Crippen LogP contribution in [-0.4, -0.2) is 167 Å². The molecule has 0 spiro atoms. The number of alkyl halides is 1. The second kappa shape index (κ2) is 30.3. The van der Waals surface area contributed by atoms with E-state index < -0.39 is 18.2 Å². The van der Waals surface area contributed by atoms with Gasteiger partial charge in [0.05, 0.1) is 60.0 Å². The number of nitrogens with zero attached hydrogens (tertiary/aromatic N) is 17. The van der Waals surface area contributed by atoms with Gasteiger partial charge in [-0.15, -0.1) is 0 Å². The van der Waals surface area contributed by atoms with E-state index in [0.717, 1.165) is 146 Å². The minimum absolute atomic E-state index is 0.00162. The number of anilines is 3. The number of rotatable bonds is 20. The Balaban J connectivity index is 0.000000115. The summed E-state index contributed by atoms with van der Waals surface area (Å²) in [6, 6.07) is 39.3. The molecule has 6 saturated carbocycles. The fourth-order valence-corrected chi connectivity index (χ4v) is 16.4. The number of benzene rings is 2. The van der Waals surface area contributed by atoms with Crippen LogP contribution in [-0.2, 0) is 13.1 Å². The summed E-state index contributed by atoms with van der Waals surface area (Å²) in [4.78, 5) is 70.7. The van der Waals surface area contributed by atoms with Gasteiger partial charge >= 0.3 is 65.8 Å². The number of aliphatic hydroxyl groups excluding tert-OH is 3. The van der Waals surface area contributed by atoms with Crippen LogP contribution in [0.5, 0.6) is 0 Å². The fourth-order valence-electron chi connectivity index (χ4n) is 14.7. The van der Waals surface area contributed by atoms with E-state index in [-0.39, 0.29) is 57.0 Å². The van der Waals surface area contributed by atoms with Gasteiger partial charge in [-0.3, -0.25) is 9.59 Å². The molecule has 9 N–H and O–H groups in total. The summed E-state index contributed by atoms with van der Waals surface area (Å²) < 4.78 is 18.2. The number of carbonyl (C=O) groups excluding carboxylic acids is 2. The molecule has 6 aliphatic carbocycles. The SMILES string of the molecule is CN(Cc1ccccc1)c1cc(-c2cn(C3CC3)c3ncccc23)nc2c(C(=O)N[C@H]3CC[C@H]3O)cnn12.CN(Cc1ccccc1)c1cc(-c2cn(C3CC3)c3ncccc23)nc2c(C(=O)O)cnn12.CNc1cc(-c2cn(C3CC3)c3ncccc23)nc2c(C(=O)N[C@H]3CC[C@H]3O)cnn12.N[I-]C[C@H]1CC[C@H]1O. The third-order valence-electron chi connectivity index (χ3n) is 21.9. The molecule has 2 aromatic carbocycles. The van der Waals surface area contributed by atoms with Crippen molar-refractivity contribution in [2.45, 2.75) is 139 Å². The summed E-state index contributed by atoms with van der Waals surface area (Å²) in [7, 11) is 5.81. The van der Waals surface area contributed by atoms with Crippen LogP contribution in [0.3, 0.4) is 0 Å². The number of amides is 2. The molecule has 0 aliphatic heterocycles. The summed E-state index contributed by atoms with van der Waals surface area (Å²) in [6.45, 7) is 1.31. The molecule has 564 valence electrons. The van der Waals surface area contributed by atoms with Gasteiger partial charge in [-0.1, -0.05) is 60.7 Å². The molecule has 20 rings (SSSR count). The summed E-state index contributed by atoms with van der Waals surface area (Å²) in [5.41, 5.74) is 12.4. The number of carboxylic acids is 1. The summed E-state index contributed by atoms with van der Waals surface area (Å²) in [5.74, 6) is 1.31. The molecule has 0 unspecified atom stereocenters. The van der Waals surface area contributed by atoms with E-state index in [1.165, 1.54) is 24.4 Å². The Hall–Kier alpha value is -11.2. The Labute approximate surface area is 642 Å². The van der Waals surface area contributed by atoms with Gasteiger partial charge in [-0.25, -0.2) is 34.7 Å². The van der Waals surface area contributed by atoms with Crippen LogP contribution in [0.15, 0.2) is 171 Å². The normalized spacial score (nSPS) is 19.2. The average molecular weight is 1590 g/mol. The monoisotopic (exact) mass is 1590 g/mol. The van der Waals surface area contributed by atoms with Gasteiger partial charge in [0.25, 0.3) is 11.8 Å². The molecule has 6 fully saturated rings. The molecule has 14 aromatic rings. The summed E-state index contributed by atoms with van der Waals surface area (Å²) in [5, 5.41) is 64.0. The molecule has 28 nitrogen and oxygen atoms in total. The molecule has 29 heteroatoms. The van der Waals surface area contributed by atoms with Gasteiger partial charge in [0.2, 0.25) is 0 Å².